The van der Waals surface area contributed by atoms with Gasteiger partial charge in [-0.2, -0.15) is 0 Å². The van der Waals surface area contributed by atoms with Crippen molar-refractivity contribution in [1.82, 2.24) is 4.98 Å². The standard InChI is InChI=1S/C15H16N2O3S/c1-4-20-15(19)11-5-7-12(8-6-11)17-13(18)14-16-9(2)10(3)21-14/h5-8H,4H2,1-3H3,(H,17,18). The highest BCUT2D eigenvalue weighted by molar-refractivity contribution is 7.13. The lowest BCUT2D eigenvalue weighted by Crippen LogP contribution is -2.12. The molecule has 2 rings (SSSR count). The lowest BCUT2D eigenvalue weighted by Gasteiger charge is -2.05. The van der Waals surface area contributed by atoms with Crippen LogP contribution in [0.25, 0.3) is 0 Å². The molecule has 0 saturated carbocycles. The molecule has 0 aliphatic rings. The summed E-state index contributed by atoms with van der Waals surface area (Å²) >= 11 is 1.36. The zero-order valence-corrected chi connectivity index (χ0v) is 12.9. The van der Waals surface area contributed by atoms with E-state index in [1.807, 2.05) is 13.8 Å². The highest BCUT2D eigenvalue weighted by Crippen LogP contribution is 2.18. The number of nitrogens with zero attached hydrogens (tertiary/aromatic N) is 1. The van der Waals surface area contributed by atoms with Gasteiger partial charge in [0.15, 0.2) is 5.01 Å². The number of carbonyl (C=O) groups excluding carboxylic acids is 2. The van der Waals surface area contributed by atoms with Crippen LogP contribution in [0.1, 0.15) is 37.7 Å². The normalized spacial score (nSPS) is 10.2. The van der Waals surface area contributed by atoms with Crippen LogP contribution in [-0.2, 0) is 4.74 Å². The van der Waals surface area contributed by atoms with E-state index in [2.05, 4.69) is 10.3 Å². The van der Waals surface area contributed by atoms with E-state index in [0.29, 0.717) is 22.9 Å². The molecule has 5 nitrogen and oxygen atoms in total. The number of carbonyl (C=O) groups is 2. The van der Waals surface area contributed by atoms with Crippen LogP contribution in [0.15, 0.2) is 24.3 Å². The van der Waals surface area contributed by atoms with Crippen LogP contribution >= 0.6 is 11.3 Å². The minimum Gasteiger partial charge on any atom is -0.462 e. The Morgan fingerprint density at radius 3 is 2.43 bits per heavy atom. The van der Waals surface area contributed by atoms with E-state index >= 15 is 0 Å². The maximum absolute atomic E-state index is 12.0. The molecule has 0 radical (unpaired) electrons. The third-order valence-electron chi connectivity index (χ3n) is 2.88. The van der Waals surface area contributed by atoms with Crippen LogP contribution in [0.5, 0.6) is 0 Å². The predicted octanol–water partition coefficient (Wildman–Crippen LogP) is 3.19. The molecule has 2 aromatic rings. The molecule has 110 valence electrons. The van der Waals surface area contributed by atoms with Gasteiger partial charge >= 0.3 is 5.97 Å². The van der Waals surface area contributed by atoms with Gasteiger partial charge in [-0.1, -0.05) is 0 Å². The predicted molar refractivity (Wildman–Crippen MR) is 81.9 cm³/mol. The summed E-state index contributed by atoms with van der Waals surface area (Å²) in [5, 5.41) is 3.18. The molecule has 1 heterocycles. The van der Waals surface area contributed by atoms with E-state index in [0.717, 1.165) is 10.6 Å². The van der Waals surface area contributed by atoms with E-state index < -0.39 is 0 Å². The Morgan fingerprint density at radius 1 is 1.24 bits per heavy atom. The molecule has 1 amide bonds. The van der Waals surface area contributed by atoms with Crippen molar-refractivity contribution < 1.29 is 14.3 Å². The molecule has 0 aliphatic carbocycles. The molecule has 0 bridgehead atoms. The number of esters is 1. The molecule has 1 aromatic carbocycles. The zero-order chi connectivity index (χ0) is 15.4. The topological polar surface area (TPSA) is 68.3 Å². The molecule has 0 atom stereocenters. The lowest BCUT2D eigenvalue weighted by molar-refractivity contribution is 0.0526. The van der Waals surface area contributed by atoms with Gasteiger partial charge in [0.1, 0.15) is 0 Å². The Morgan fingerprint density at radius 2 is 1.90 bits per heavy atom. The summed E-state index contributed by atoms with van der Waals surface area (Å²) in [5.74, 6) is -0.623. The first kappa shape index (κ1) is 15.2. The number of hydrogen-bond donors (Lipinski definition) is 1. The fourth-order valence-corrected chi connectivity index (χ4v) is 2.47. The number of nitrogens with one attached hydrogen (secondary N) is 1. The third kappa shape index (κ3) is 3.66. The Bertz CT molecular complexity index is 643. The number of rotatable bonds is 4. The SMILES string of the molecule is CCOC(=O)c1ccc(NC(=O)c2nc(C)c(C)s2)cc1. The van der Waals surface area contributed by atoms with Gasteiger partial charge < -0.3 is 10.1 Å². The zero-order valence-electron chi connectivity index (χ0n) is 12.1. The maximum atomic E-state index is 12.0. The monoisotopic (exact) mass is 304 g/mol. The first-order chi connectivity index (χ1) is 10.0. The van der Waals surface area contributed by atoms with Crippen molar-refractivity contribution in [2.75, 3.05) is 11.9 Å². The molecule has 0 saturated heterocycles. The molecule has 1 aromatic heterocycles. The van der Waals surface area contributed by atoms with E-state index in [4.69, 9.17) is 4.74 Å². The van der Waals surface area contributed by atoms with Crippen LogP contribution in [0.3, 0.4) is 0 Å². The fraction of sp³-hybridized carbons (Fsp3) is 0.267. The minimum atomic E-state index is -0.374. The molecule has 0 aliphatic heterocycles. The summed E-state index contributed by atoms with van der Waals surface area (Å²) in [7, 11) is 0. The molecular weight excluding hydrogens is 288 g/mol. The quantitative estimate of drug-likeness (QED) is 0.881. The smallest absolute Gasteiger partial charge is 0.338 e. The summed E-state index contributed by atoms with van der Waals surface area (Å²) in [6, 6.07) is 6.56. The summed E-state index contributed by atoms with van der Waals surface area (Å²) in [5.41, 5.74) is 1.93. The van der Waals surface area contributed by atoms with Gasteiger partial charge in [0, 0.05) is 10.6 Å². The van der Waals surface area contributed by atoms with Crippen LogP contribution in [0.4, 0.5) is 5.69 Å². The van der Waals surface area contributed by atoms with E-state index in [-0.39, 0.29) is 11.9 Å². The second kappa shape index (κ2) is 6.49. The van der Waals surface area contributed by atoms with Gasteiger partial charge in [0.25, 0.3) is 5.91 Å². The third-order valence-corrected chi connectivity index (χ3v) is 3.95. The van der Waals surface area contributed by atoms with Crippen LogP contribution < -0.4 is 5.32 Å². The van der Waals surface area contributed by atoms with E-state index in [9.17, 15) is 9.59 Å². The highest BCUT2D eigenvalue weighted by atomic mass is 32.1. The maximum Gasteiger partial charge on any atom is 0.338 e. The van der Waals surface area contributed by atoms with Crippen molar-refractivity contribution in [2.45, 2.75) is 20.8 Å². The molecule has 0 unspecified atom stereocenters. The Balaban J connectivity index is 2.06. The fourth-order valence-electron chi connectivity index (χ4n) is 1.66. The van der Waals surface area contributed by atoms with Gasteiger partial charge in [-0.15, -0.1) is 11.3 Å². The molecular formula is C15H16N2O3S. The number of hydrogen-bond acceptors (Lipinski definition) is 5. The average molecular weight is 304 g/mol. The van der Waals surface area contributed by atoms with Crippen LogP contribution in [0.2, 0.25) is 0 Å². The van der Waals surface area contributed by atoms with Crippen molar-refractivity contribution in [3.8, 4) is 0 Å². The number of thiazole rings is 1. The minimum absolute atomic E-state index is 0.250. The Hall–Kier alpha value is -2.21. The van der Waals surface area contributed by atoms with Crippen molar-refractivity contribution >= 4 is 28.9 Å². The van der Waals surface area contributed by atoms with Gasteiger partial charge in [-0.25, -0.2) is 9.78 Å². The van der Waals surface area contributed by atoms with Gasteiger partial charge in [-0.05, 0) is 45.0 Å². The molecule has 0 spiro atoms. The second-order valence-corrected chi connectivity index (χ2v) is 5.62. The first-order valence-corrected chi connectivity index (χ1v) is 7.35. The second-order valence-electron chi connectivity index (χ2n) is 4.41. The van der Waals surface area contributed by atoms with E-state index in [1.165, 1.54) is 11.3 Å². The Kier molecular flexibility index (Phi) is 4.70. The van der Waals surface area contributed by atoms with Crippen LogP contribution in [0, 0.1) is 13.8 Å². The molecule has 1 N–H and O–H groups in total. The summed E-state index contributed by atoms with van der Waals surface area (Å²) < 4.78 is 4.90. The number of aryl methyl sites for hydroxylation is 2. The summed E-state index contributed by atoms with van der Waals surface area (Å²) in [6.45, 7) is 5.89. The first-order valence-electron chi connectivity index (χ1n) is 6.53. The Labute approximate surface area is 127 Å². The number of aromatic nitrogens is 1. The lowest BCUT2D eigenvalue weighted by atomic mass is 10.2. The molecule has 0 fully saturated rings. The van der Waals surface area contributed by atoms with Crippen LogP contribution in [-0.4, -0.2) is 23.5 Å². The summed E-state index contributed by atoms with van der Waals surface area (Å²) in [6.07, 6.45) is 0. The largest absolute Gasteiger partial charge is 0.462 e. The van der Waals surface area contributed by atoms with Gasteiger partial charge in [-0.3, -0.25) is 4.79 Å². The number of anilines is 1. The van der Waals surface area contributed by atoms with E-state index in [1.54, 1.807) is 31.2 Å². The number of ether oxygens (including phenoxy) is 1. The van der Waals surface area contributed by atoms with Crippen molar-refractivity contribution in [3.05, 3.63) is 45.4 Å². The number of amides is 1. The number of benzene rings is 1. The van der Waals surface area contributed by atoms with Crippen molar-refractivity contribution in [2.24, 2.45) is 0 Å². The average Bonchev–Trinajstić information content (AvgIpc) is 2.80. The van der Waals surface area contributed by atoms with Gasteiger partial charge in [0.2, 0.25) is 0 Å². The van der Waals surface area contributed by atoms with Crippen molar-refractivity contribution in [1.29, 1.82) is 0 Å². The highest BCUT2D eigenvalue weighted by Gasteiger charge is 2.13. The molecule has 6 heteroatoms. The van der Waals surface area contributed by atoms with Crippen molar-refractivity contribution in [3.63, 3.8) is 0 Å². The molecule has 21 heavy (non-hydrogen) atoms. The summed E-state index contributed by atoms with van der Waals surface area (Å²) in [4.78, 5) is 28.8. The van der Waals surface area contributed by atoms with Gasteiger partial charge in [0.05, 0.1) is 17.9 Å².